The number of nitrogens with one attached hydrogen (secondary N) is 2. The van der Waals surface area contributed by atoms with E-state index in [0.717, 1.165) is 25.5 Å². The summed E-state index contributed by atoms with van der Waals surface area (Å²) in [5, 5.41) is 27.3. The Morgan fingerprint density at radius 2 is 1.19 bits per heavy atom. The average Bonchev–Trinajstić information content (AvgIpc) is 2.30. The molecule has 0 fully saturated rings. The molecule has 94 valence electrons. The van der Waals surface area contributed by atoms with Gasteiger partial charge in [0.25, 0.3) is 0 Å². The minimum Gasteiger partial charge on any atom is -0.396 e. The molecule has 8 N–H and O–H groups in total. The van der Waals surface area contributed by atoms with Crippen molar-refractivity contribution in [1.29, 1.82) is 11.1 Å². The van der Waals surface area contributed by atoms with E-state index >= 15 is 0 Å². The Morgan fingerprint density at radius 1 is 0.875 bits per heavy atom. The molecular formula is C6H18N8O2. The highest BCUT2D eigenvalue weighted by atomic mass is 16.3. The first kappa shape index (κ1) is 19.6. The van der Waals surface area contributed by atoms with Crippen LogP contribution in [0.4, 0.5) is 0 Å². The summed E-state index contributed by atoms with van der Waals surface area (Å²) < 4.78 is 0. The number of rotatable bonds is 5. The van der Waals surface area contributed by atoms with E-state index in [-0.39, 0.29) is 13.2 Å². The van der Waals surface area contributed by atoms with E-state index < -0.39 is 0 Å². The normalized spacial score (nSPS) is 8.88. The van der Waals surface area contributed by atoms with Crippen LogP contribution in [0.5, 0.6) is 0 Å². The van der Waals surface area contributed by atoms with Crippen molar-refractivity contribution >= 4 is 12.7 Å². The van der Waals surface area contributed by atoms with Gasteiger partial charge in [-0.3, -0.25) is 0 Å². The summed E-state index contributed by atoms with van der Waals surface area (Å²) in [5.41, 5.74) is 12.0. The van der Waals surface area contributed by atoms with E-state index in [4.69, 9.17) is 21.3 Å². The fraction of sp³-hybridized carbons (Fsp3) is 0.667. The van der Waals surface area contributed by atoms with E-state index in [1.165, 1.54) is 0 Å². The van der Waals surface area contributed by atoms with Crippen molar-refractivity contribution in [3.8, 4) is 0 Å². The second-order valence-corrected chi connectivity index (χ2v) is 1.94. The predicted octanol–water partition coefficient (Wildman–Crippen LogP) is -0.410. The van der Waals surface area contributed by atoms with Crippen molar-refractivity contribution in [2.45, 2.75) is 12.8 Å². The van der Waals surface area contributed by atoms with Gasteiger partial charge in [0.05, 0.1) is 0 Å². The Hall–Kier alpha value is -1.94. The molecular weight excluding hydrogens is 216 g/mol. The molecule has 0 rings (SSSR count). The zero-order valence-electron chi connectivity index (χ0n) is 8.82. The molecule has 0 radical (unpaired) electrons. The number of hydrogen-bond acceptors (Lipinski definition) is 8. The largest absolute Gasteiger partial charge is 0.396 e. The zero-order chi connectivity index (χ0) is 13.1. The van der Waals surface area contributed by atoms with Crippen LogP contribution in [0.3, 0.4) is 0 Å². The summed E-state index contributed by atoms with van der Waals surface area (Å²) in [6, 6.07) is 0. The lowest BCUT2D eigenvalue weighted by Crippen LogP contribution is -1.85. The van der Waals surface area contributed by atoms with E-state index in [1.807, 2.05) is 0 Å². The van der Waals surface area contributed by atoms with Crippen LogP contribution in [0.15, 0.2) is 20.4 Å². The minimum atomic E-state index is 0.195. The Kier molecular flexibility index (Phi) is 35.8. The number of hydrogen-bond donors (Lipinski definition) is 6. The third-order valence-corrected chi connectivity index (χ3v) is 0.815. The van der Waals surface area contributed by atoms with E-state index in [1.54, 1.807) is 0 Å². The molecule has 0 aliphatic heterocycles. The lowest BCUT2D eigenvalue weighted by atomic mass is 10.3. The van der Waals surface area contributed by atoms with Gasteiger partial charge in [-0.15, -0.1) is 10.2 Å². The fourth-order valence-corrected chi connectivity index (χ4v) is 0.290. The highest BCUT2D eigenvalue weighted by molar-refractivity contribution is 5.53. The molecule has 0 unspecified atom stereocenters. The van der Waals surface area contributed by atoms with Gasteiger partial charge in [-0.2, -0.15) is 10.2 Å². The van der Waals surface area contributed by atoms with Gasteiger partial charge in [0.15, 0.2) is 12.7 Å². The van der Waals surface area contributed by atoms with Gasteiger partial charge >= 0.3 is 0 Å². The van der Waals surface area contributed by atoms with E-state index in [9.17, 15) is 0 Å². The van der Waals surface area contributed by atoms with Crippen LogP contribution in [0.2, 0.25) is 0 Å². The van der Waals surface area contributed by atoms with Crippen LogP contribution in [0.25, 0.3) is 0 Å². The van der Waals surface area contributed by atoms with Crippen LogP contribution in [0, 0.1) is 11.1 Å². The number of hydrazone groups is 2. The predicted molar refractivity (Wildman–Crippen MR) is 59.1 cm³/mol. The summed E-state index contributed by atoms with van der Waals surface area (Å²) in [6.45, 7) is 0.390. The molecule has 0 aliphatic carbocycles. The van der Waals surface area contributed by atoms with Crippen molar-refractivity contribution in [3.05, 3.63) is 0 Å². The number of aliphatic hydroxyl groups is 2. The molecule has 0 bridgehead atoms. The number of unbranched alkanes of at least 4 members (excludes halogenated alkanes) is 1. The molecule has 0 aromatic carbocycles. The average molecular weight is 234 g/mol. The van der Waals surface area contributed by atoms with Crippen LogP contribution < -0.4 is 11.7 Å². The lowest BCUT2D eigenvalue weighted by molar-refractivity contribution is 0.242. The first-order chi connectivity index (χ1) is 7.74. The number of nitrogens with two attached hydrogens (primary N) is 2. The fourth-order valence-electron chi connectivity index (χ4n) is 0.290. The van der Waals surface area contributed by atoms with Crippen molar-refractivity contribution in [3.63, 3.8) is 0 Å². The number of aliphatic hydroxyl groups excluding tert-OH is 2. The third-order valence-electron chi connectivity index (χ3n) is 0.815. The Labute approximate surface area is 93.0 Å². The molecule has 16 heavy (non-hydrogen) atoms. The maximum Gasteiger partial charge on any atom is 0.156 e. The Balaban J connectivity index is -0.000000160. The van der Waals surface area contributed by atoms with Crippen LogP contribution in [-0.4, -0.2) is 36.1 Å². The topological polar surface area (TPSA) is 190 Å². The van der Waals surface area contributed by atoms with Crippen molar-refractivity contribution < 1.29 is 10.2 Å². The van der Waals surface area contributed by atoms with Gasteiger partial charge in [-0.25, -0.2) is 11.1 Å². The molecule has 0 saturated heterocycles. The second-order valence-electron chi connectivity index (χ2n) is 1.94. The molecule has 0 atom stereocenters. The summed E-state index contributed by atoms with van der Waals surface area (Å²) >= 11 is 0. The first-order valence-electron chi connectivity index (χ1n) is 4.13. The smallest absolute Gasteiger partial charge is 0.156 e. The standard InChI is InChI=1S/C4H10O2.2CH4N4/c5-3-1-2-4-6;2*2-4-1-5-3/h5-6H,1-4H2;2*1-2H,3H2. The summed E-state index contributed by atoms with van der Waals surface area (Å²) in [5.74, 6) is 8.99. The molecule has 0 aliphatic rings. The highest BCUT2D eigenvalue weighted by Gasteiger charge is 1.77. The first-order valence-corrected chi connectivity index (χ1v) is 4.13. The van der Waals surface area contributed by atoms with Gasteiger partial charge in [0, 0.05) is 13.2 Å². The van der Waals surface area contributed by atoms with Gasteiger partial charge in [0.1, 0.15) is 0 Å². The molecule has 0 saturated carbocycles. The SMILES string of the molecule is N=NC=NN.N=NC=NN.OCCCCO. The Morgan fingerprint density at radius 3 is 1.25 bits per heavy atom. The molecule has 10 heteroatoms. The van der Waals surface area contributed by atoms with Crippen LogP contribution >= 0.6 is 0 Å². The third kappa shape index (κ3) is 57.6. The van der Waals surface area contributed by atoms with Gasteiger partial charge < -0.3 is 21.9 Å². The van der Waals surface area contributed by atoms with Gasteiger partial charge in [0.2, 0.25) is 0 Å². The van der Waals surface area contributed by atoms with Crippen LogP contribution in [-0.2, 0) is 0 Å². The molecule has 10 nitrogen and oxygen atoms in total. The summed E-state index contributed by atoms with van der Waals surface area (Å²) in [7, 11) is 0. The second kappa shape index (κ2) is 29.2. The molecule has 0 amide bonds. The van der Waals surface area contributed by atoms with Gasteiger partial charge in [-0.1, -0.05) is 0 Å². The van der Waals surface area contributed by atoms with E-state index in [0.29, 0.717) is 0 Å². The molecule has 0 aromatic heterocycles. The van der Waals surface area contributed by atoms with Crippen LogP contribution in [0.1, 0.15) is 12.8 Å². The molecule has 0 aromatic rings. The maximum atomic E-state index is 8.09. The quantitative estimate of drug-likeness (QED) is 0.0941. The summed E-state index contributed by atoms with van der Waals surface area (Å²) in [6.07, 6.45) is 3.33. The zero-order valence-corrected chi connectivity index (χ0v) is 8.82. The van der Waals surface area contributed by atoms with Crippen molar-refractivity contribution in [2.24, 2.45) is 32.1 Å². The van der Waals surface area contributed by atoms with Gasteiger partial charge in [-0.05, 0) is 12.8 Å². The lowest BCUT2D eigenvalue weighted by Gasteiger charge is -1.85. The molecule has 0 heterocycles. The highest BCUT2D eigenvalue weighted by Crippen LogP contribution is 1.80. The van der Waals surface area contributed by atoms with Crippen molar-refractivity contribution in [2.75, 3.05) is 13.2 Å². The maximum absolute atomic E-state index is 8.09. The van der Waals surface area contributed by atoms with Crippen molar-refractivity contribution in [1.82, 2.24) is 0 Å². The number of nitrogens with zero attached hydrogens (tertiary/aromatic N) is 4. The Bertz CT molecular complexity index is 163. The minimum absolute atomic E-state index is 0.195. The summed E-state index contributed by atoms with van der Waals surface area (Å²) in [4.78, 5) is 0. The monoisotopic (exact) mass is 234 g/mol. The molecule has 0 spiro atoms. The van der Waals surface area contributed by atoms with E-state index in [2.05, 4.69) is 32.1 Å².